The van der Waals surface area contributed by atoms with E-state index in [1.165, 1.54) is 14.0 Å². The van der Waals surface area contributed by atoms with Crippen LogP contribution in [0, 0.1) is 0 Å². The average molecular weight is 358 g/mol. The lowest BCUT2D eigenvalue weighted by Gasteiger charge is -2.27. The number of rotatable bonds is 8. The molecule has 0 amide bonds. The van der Waals surface area contributed by atoms with Gasteiger partial charge in [0.2, 0.25) is 6.10 Å². The molecule has 0 aliphatic rings. The van der Waals surface area contributed by atoms with Crippen molar-refractivity contribution < 1.29 is 28.5 Å². The van der Waals surface area contributed by atoms with E-state index in [-0.39, 0.29) is 6.61 Å². The molecule has 0 heterocycles. The minimum atomic E-state index is -1.25. The first-order valence-electron chi connectivity index (χ1n) is 8.25. The normalized spacial score (nSPS) is 12.6. The molecule has 6 heteroatoms. The maximum absolute atomic E-state index is 12.4. The Bertz CT molecular complexity index is 728. The first-order chi connectivity index (χ1) is 12.6. The Morgan fingerprint density at radius 1 is 0.962 bits per heavy atom. The van der Waals surface area contributed by atoms with Gasteiger partial charge in [-0.25, -0.2) is 4.79 Å². The molecule has 6 nitrogen and oxygen atoms in total. The van der Waals surface area contributed by atoms with Crippen molar-refractivity contribution in [2.24, 2.45) is 0 Å². The highest BCUT2D eigenvalue weighted by Crippen LogP contribution is 2.33. The highest BCUT2D eigenvalue weighted by Gasteiger charge is 2.36. The van der Waals surface area contributed by atoms with Crippen LogP contribution in [-0.2, 0) is 19.1 Å². The summed E-state index contributed by atoms with van der Waals surface area (Å²) in [5.41, 5.74) is 0.665. The van der Waals surface area contributed by atoms with Gasteiger partial charge in [-0.3, -0.25) is 4.79 Å². The fraction of sp³-hybridized carbons (Fsp3) is 0.300. The van der Waals surface area contributed by atoms with Crippen molar-refractivity contribution in [1.29, 1.82) is 0 Å². The second-order valence-corrected chi connectivity index (χ2v) is 5.38. The first kappa shape index (κ1) is 19.3. The van der Waals surface area contributed by atoms with Crippen molar-refractivity contribution >= 4 is 11.9 Å². The van der Waals surface area contributed by atoms with Crippen LogP contribution in [0.15, 0.2) is 54.6 Å². The summed E-state index contributed by atoms with van der Waals surface area (Å²) in [7, 11) is 1.52. The fourth-order valence-electron chi connectivity index (χ4n) is 2.44. The monoisotopic (exact) mass is 358 g/mol. The molecule has 2 unspecified atom stereocenters. The smallest absolute Gasteiger partial charge is 0.351 e. The molecule has 0 fully saturated rings. The van der Waals surface area contributed by atoms with Crippen molar-refractivity contribution in [3.63, 3.8) is 0 Å². The molecule has 0 bridgehead atoms. The summed E-state index contributed by atoms with van der Waals surface area (Å²) in [6.45, 7) is 3.07. The minimum absolute atomic E-state index is 0.159. The number of para-hydroxylation sites is 2. The van der Waals surface area contributed by atoms with Gasteiger partial charge < -0.3 is 18.9 Å². The van der Waals surface area contributed by atoms with Gasteiger partial charge in [-0.1, -0.05) is 42.5 Å². The van der Waals surface area contributed by atoms with E-state index < -0.39 is 24.1 Å². The van der Waals surface area contributed by atoms with Gasteiger partial charge in [-0.2, -0.15) is 0 Å². The van der Waals surface area contributed by atoms with Crippen molar-refractivity contribution in [1.82, 2.24) is 0 Å². The fourth-order valence-corrected chi connectivity index (χ4v) is 2.44. The zero-order valence-electron chi connectivity index (χ0n) is 15.0. The molecule has 0 aliphatic carbocycles. The van der Waals surface area contributed by atoms with Crippen LogP contribution in [0.5, 0.6) is 11.5 Å². The summed E-state index contributed by atoms with van der Waals surface area (Å²) in [5, 5.41) is 0. The van der Waals surface area contributed by atoms with Crippen LogP contribution in [0.2, 0.25) is 0 Å². The average Bonchev–Trinajstić information content (AvgIpc) is 2.65. The van der Waals surface area contributed by atoms with Crippen molar-refractivity contribution in [2.75, 3.05) is 13.7 Å². The third-order valence-corrected chi connectivity index (χ3v) is 3.54. The van der Waals surface area contributed by atoms with Gasteiger partial charge >= 0.3 is 11.9 Å². The maximum atomic E-state index is 12.4. The Hall–Kier alpha value is -3.02. The number of carbonyl (C=O) groups excluding carboxylic acids is 2. The van der Waals surface area contributed by atoms with Crippen LogP contribution >= 0.6 is 0 Å². The Balaban J connectivity index is 2.44. The second-order valence-electron chi connectivity index (χ2n) is 5.38. The summed E-state index contributed by atoms with van der Waals surface area (Å²) >= 11 is 0. The van der Waals surface area contributed by atoms with E-state index in [0.717, 1.165) is 0 Å². The van der Waals surface area contributed by atoms with Gasteiger partial charge in [0.1, 0.15) is 0 Å². The second kappa shape index (κ2) is 9.46. The molecule has 0 N–H and O–H groups in total. The molecule has 0 spiro atoms. The molecule has 26 heavy (non-hydrogen) atoms. The van der Waals surface area contributed by atoms with Crippen molar-refractivity contribution in [3.8, 4) is 11.5 Å². The third-order valence-electron chi connectivity index (χ3n) is 3.54. The Labute approximate surface area is 152 Å². The van der Waals surface area contributed by atoms with E-state index in [9.17, 15) is 9.59 Å². The van der Waals surface area contributed by atoms with Crippen molar-refractivity contribution in [3.05, 3.63) is 60.2 Å². The number of ether oxygens (including phenoxy) is 4. The van der Waals surface area contributed by atoms with E-state index in [1.807, 2.05) is 18.2 Å². The summed E-state index contributed by atoms with van der Waals surface area (Å²) in [6, 6.07) is 16.1. The van der Waals surface area contributed by atoms with E-state index in [0.29, 0.717) is 17.1 Å². The Kier molecular flexibility index (Phi) is 7.02. The largest absolute Gasteiger partial charge is 0.493 e. The van der Waals surface area contributed by atoms with Gasteiger partial charge in [0.15, 0.2) is 17.6 Å². The molecule has 2 aromatic rings. The number of hydrogen-bond donors (Lipinski definition) is 0. The molecule has 0 radical (unpaired) electrons. The Morgan fingerprint density at radius 2 is 1.58 bits per heavy atom. The summed E-state index contributed by atoms with van der Waals surface area (Å²) in [5.74, 6) is -0.358. The highest BCUT2D eigenvalue weighted by atomic mass is 16.6. The summed E-state index contributed by atoms with van der Waals surface area (Å²) in [6.07, 6.45) is -2.14. The lowest BCUT2D eigenvalue weighted by molar-refractivity contribution is -0.173. The molecule has 2 aromatic carbocycles. The zero-order valence-corrected chi connectivity index (χ0v) is 15.0. The lowest BCUT2D eigenvalue weighted by atomic mass is 10.0. The zero-order chi connectivity index (χ0) is 18.9. The van der Waals surface area contributed by atoms with E-state index in [2.05, 4.69) is 0 Å². The summed E-state index contributed by atoms with van der Waals surface area (Å²) in [4.78, 5) is 24.0. The Morgan fingerprint density at radius 3 is 2.15 bits per heavy atom. The molecule has 0 saturated carbocycles. The highest BCUT2D eigenvalue weighted by molar-refractivity contribution is 5.79. The molecule has 0 saturated heterocycles. The minimum Gasteiger partial charge on any atom is -0.493 e. The van der Waals surface area contributed by atoms with E-state index >= 15 is 0 Å². The molecular weight excluding hydrogens is 336 g/mol. The molecule has 0 aromatic heterocycles. The summed E-state index contributed by atoms with van der Waals surface area (Å²) < 4.78 is 21.7. The van der Waals surface area contributed by atoms with Crippen LogP contribution in [0.4, 0.5) is 0 Å². The molecule has 138 valence electrons. The molecular formula is C20H22O6. The number of methoxy groups -OCH3 is 1. The third kappa shape index (κ3) is 4.99. The number of carbonyl (C=O) groups is 2. The predicted octanol–water partition coefficient (Wildman–Crippen LogP) is 3.31. The standard InChI is InChI=1S/C20H22O6/c1-4-24-20(22)19(25-14(2)21)18(15-10-6-5-7-11-15)26-17-13-9-8-12-16(17)23-3/h5-13,18-19H,4H2,1-3H3. The van der Waals surface area contributed by atoms with Crippen LogP contribution < -0.4 is 9.47 Å². The van der Waals surface area contributed by atoms with Gasteiger partial charge in [-0.15, -0.1) is 0 Å². The van der Waals surface area contributed by atoms with Crippen LogP contribution in [0.3, 0.4) is 0 Å². The molecule has 2 atom stereocenters. The van der Waals surface area contributed by atoms with Crippen LogP contribution in [0.1, 0.15) is 25.5 Å². The topological polar surface area (TPSA) is 71.1 Å². The first-order valence-corrected chi connectivity index (χ1v) is 8.25. The van der Waals surface area contributed by atoms with Crippen LogP contribution in [-0.4, -0.2) is 31.8 Å². The lowest BCUT2D eigenvalue weighted by Crippen LogP contribution is -2.37. The van der Waals surface area contributed by atoms with Gasteiger partial charge in [0.05, 0.1) is 13.7 Å². The van der Waals surface area contributed by atoms with E-state index in [1.54, 1.807) is 43.3 Å². The number of esters is 2. The number of hydrogen-bond acceptors (Lipinski definition) is 6. The van der Waals surface area contributed by atoms with Gasteiger partial charge in [0, 0.05) is 6.92 Å². The quantitative estimate of drug-likeness (QED) is 0.674. The maximum Gasteiger partial charge on any atom is 0.351 e. The predicted molar refractivity (Wildman–Crippen MR) is 95.0 cm³/mol. The number of benzene rings is 2. The molecule has 0 aliphatic heterocycles. The SMILES string of the molecule is CCOC(=O)C(OC(C)=O)C(Oc1ccccc1OC)c1ccccc1. The van der Waals surface area contributed by atoms with Crippen LogP contribution in [0.25, 0.3) is 0 Å². The van der Waals surface area contributed by atoms with Crippen molar-refractivity contribution in [2.45, 2.75) is 26.1 Å². The van der Waals surface area contributed by atoms with Gasteiger partial charge in [-0.05, 0) is 24.6 Å². The van der Waals surface area contributed by atoms with E-state index in [4.69, 9.17) is 18.9 Å². The van der Waals surface area contributed by atoms with Gasteiger partial charge in [0.25, 0.3) is 0 Å². The molecule has 2 rings (SSSR count).